The number of rotatable bonds is 6. The third kappa shape index (κ3) is 3.00. The number of hydrogen-bond donors (Lipinski definition) is 0. The minimum atomic E-state index is -0.252. The van der Waals surface area contributed by atoms with E-state index in [-0.39, 0.29) is 5.60 Å². The third-order valence-electron chi connectivity index (χ3n) is 4.33. The van der Waals surface area contributed by atoms with Gasteiger partial charge in [0.2, 0.25) is 0 Å². The molecule has 1 aliphatic heterocycles. The first-order chi connectivity index (χ1) is 10.3. The van der Waals surface area contributed by atoms with Crippen LogP contribution in [0.3, 0.4) is 0 Å². The van der Waals surface area contributed by atoms with Gasteiger partial charge in [-0.15, -0.1) is 0 Å². The summed E-state index contributed by atoms with van der Waals surface area (Å²) in [5.74, 6) is 0. The zero-order valence-corrected chi connectivity index (χ0v) is 12.7. The van der Waals surface area contributed by atoms with E-state index in [0.29, 0.717) is 0 Å². The first kappa shape index (κ1) is 14.3. The van der Waals surface area contributed by atoms with Crippen molar-refractivity contribution in [2.24, 2.45) is 0 Å². The summed E-state index contributed by atoms with van der Waals surface area (Å²) in [5.41, 5.74) is 2.50. The van der Waals surface area contributed by atoms with Crippen molar-refractivity contribution in [2.45, 2.75) is 51.2 Å². The van der Waals surface area contributed by atoms with E-state index in [0.717, 1.165) is 26.0 Å². The van der Waals surface area contributed by atoms with Crippen molar-refractivity contribution in [3.05, 3.63) is 48.0 Å². The molecule has 1 aliphatic rings. The predicted octanol–water partition coefficient (Wildman–Crippen LogP) is 3.33. The smallest absolute Gasteiger partial charge is 0.137 e. The predicted molar refractivity (Wildman–Crippen MR) is 81.9 cm³/mol. The number of hydrogen-bond acceptors (Lipinski definition) is 3. The lowest BCUT2D eigenvalue weighted by molar-refractivity contribution is -0.0820. The molecule has 1 aromatic carbocycles. The van der Waals surface area contributed by atoms with Crippen LogP contribution >= 0.6 is 0 Å². The van der Waals surface area contributed by atoms with Crippen molar-refractivity contribution in [1.29, 1.82) is 0 Å². The average molecular weight is 285 g/mol. The quantitative estimate of drug-likeness (QED) is 0.764. The van der Waals surface area contributed by atoms with Crippen LogP contribution in [0, 0.1) is 0 Å². The lowest BCUT2D eigenvalue weighted by atomic mass is 9.82. The van der Waals surface area contributed by atoms with E-state index in [1.54, 1.807) is 12.7 Å². The molecule has 0 radical (unpaired) electrons. The minimum Gasteiger partial charge on any atom is -0.368 e. The molecule has 0 bridgehead atoms. The van der Waals surface area contributed by atoms with Crippen molar-refractivity contribution in [1.82, 2.24) is 14.8 Å². The van der Waals surface area contributed by atoms with Crippen molar-refractivity contribution >= 4 is 0 Å². The maximum Gasteiger partial charge on any atom is 0.137 e. The third-order valence-corrected chi connectivity index (χ3v) is 4.33. The van der Waals surface area contributed by atoms with E-state index in [4.69, 9.17) is 4.74 Å². The highest BCUT2D eigenvalue weighted by atomic mass is 16.5. The molecule has 4 nitrogen and oxygen atoms in total. The van der Waals surface area contributed by atoms with E-state index in [9.17, 15) is 0 Å². The zero-order chi connectivity index (χ0) is 14.5. The fraction of sp³-hybridized carbons (Fsp3) is 0.529. The van der Waals surface area contributed by atoms with Crippen LogP contribution in [0.4, 0.5) is 0 Å². The largest absolute Gasteiger partial charge is 0.368 e. The Kier molecular flexibility index (Phi) is 4.34. The zero-order valence-electron chi connectivity index (χ0n) is 12.7. The van der Waals surface area contributed by atoms with Crippen LogP contribution in [0.1, 0.15) is 43.7 Å². The number of aromatic nitrogens is 3. The van der Waals surface area contributed by atoms with E-state index in [1.165, 1.54) is 30.4 Å². The molecule has 0 saturated carbocycles. The van der Waals surface area contributed by atoms with Crippen molar-refractivity contribution < 1.29 is 4.74 Å². The lowest BCUT2D eigenvalue weighted by Gasteiger charge is -2.39. The van der Waals surface area contributed by atoms with E-state index in [1.807, 2.05) is 4.68 Å². The van der Waals surface area contributed by atoms with Crippen LogP contribution in [-0.4, -0.2) is 21.4 Å². The highest BCUT2D eigenvalue weighted by Crippen LogP contribution is 2.38. The molecular weight excluding hydrogens is 262 g/mol. The van der Waals surface area contributed by atoms with E-state index >= 15 is 0 Å². The normalized spacial score (nSPS) is 21.2. The number of nitrogens with zero attached hydrogens (tertiary/aromatic N) is 3. The highest BCUT2D eigenvalue weighted by molar-refractivity contribution is 5.34. The molecule has 2 aromatic rings. The average Bonchev–Trinajstić information content (AvgIpc) is 3.01. The second-order valence-corrected chi connectivity index (χ2v) is 5.80. The molecule has 1 atom stereocenters. The summed E-state index contributed by atoms with van der Waals surface area (Å²) >= 11 is 0. The van der Waals surface area contributed by atoms with Crippen molar-refractivity contribution in [3.63, 3.8) is 0 Å². The molecule has 112 valence electrons. The van der Waals surface area contributed by atoms with Crippen LogP contribution in [0.15, 0.2) is 36.9 Å². The topological polar surface area (TPSA) is 39.9 Å². The van der Waals surface area contributed by atoms with Crippen LogP contribution < -0.4 is 0 Å². The Morgan fingerprint density at radius 2 is 2.19 bits per heavy atom. The molecule has 4 heteroatoms. The van der Waals surface area contributed by atoms with Gasteiger partial charge in [0, 0.05) is 0 Å². The summed E-state index contributed by atoms with van der Waals surface area (Å²) < 4.78 is 8.22. The number of ether oxygens (including phenoxy) is 1. The molecule has 21 heavy (non-hydrogen) atoms. The van der Waals surface area contributed by atoms with Gasteiger partial charge < -0.3 is 4.74 Å². The Labute approximate surface area is 126 Å². The molecule has 0 aliphatic carbocycles. The van der Waals surface area contributed by atoms with Gasteiger partial charge in [-0.25, -0.2) is 9.67 Å². The van der Waals surface area contributed by atoms with E-state index < -0.39 is 0 Å². The number of unbranched alkanes of at least 4 members (excludes halogenated alkanes) is 2. The summed E-state index contributed by atoms with van der Waals surface area (Å²) in [6.07, 6.45) is 9.06. The summed E-state index contributed by atoms with van der Waals surface area (Å²) in [5, 5.41) is 4.28. The molecule has 0 spiro atoms. The second-order valence-electron chi connectivity index (χ2n) is 5.80. The van der Waals surface area contributed by atoms with Gasteiger partial charge in [-0.2, -0.15) is 5.10 Å². The maximum atomic E-state index is 6.32. The van der Waals surface area contributed by atoms with Crippen LogP contribution in [-0.2, 0) is 23.3 Å². The Morgan fingerprint density at radius 3 is 3.00 bits per heavy atom. The lowest BCUT2D eigenvalue weighted by Crippen LogP contribution is -2.39. The van der Waals surface area contributed by atoms with Crippen molar-refractivity contribution in [2.75, 3.05) is 6.61 Å². The van der Waals surface area contributed by atoms with Gasteiger partial charge in [-0.3, -0.25) is 0 Å². The summed E-state index contributed by atoms with van der Waals surface area (Å²) in [4.78, 5) is 4.07. The van der Waals surface area contributed by atoms with Gasteiger partial charge in [0.25, 0.3) is 0 Å². The summed E-state index contributed by atoms with van der Waals surface area (Å²) in [6, 6.07) is 8.69. The molecule has 1 aromatic heterocycles. The van der Waals surface area contributed by atoms with Crippen molar-refractivity contribution in [3.8, 4) is 0 Å². The first-order valence-electron chi connectivity index (χ1n) is 7.89. The molecule has 3 rings (SSSR count). The van der Waals surface area contributed by atoms with Gasteiger partial charge in [0.05, 0.1) is 13.2 Å². The van der Waals surface area contributed by atoms with Gasteiger partial charge in [0.15, 0.2) is 0 Å². The summed E-state index contributed by atoms with van der Waals surface area (Å²) in [6.45, 7) is 3.77. The SMILES string of the molecule is CCCCCC1(Cn2cncn2)OCCc2ccccc21. The fourth-order valence-corrected chi connectivity index (χ4v) is 3.27. The van der Waals surface area contributed by atoms with Gasteiger partial charge >= 0.3 is 0 Å². The molecule has 0 fully saturated rings. The van der Waals surface area contributed by atoms with Crippen LogP contribution in [0.5, 0.6) is 0 Å². The summed E-state index contributed by atoms with van der Waals surface area (Å²) in [7, 11) is 0. The molecule has 2 heterocycles. The van der Waals surface area contributed by atoms with Crippen LogP contribution in [0.25, 0.3) is 0 Å². The highest BCUT2D eigenvalue weighted by Gasteiger charge is 2.37. The molecule has 1 unspecified atom stereocenters. The standard InChI is InChI=1S/C17H23N3O/c1-2-3-6-10-17(12-20-14-18-13-19-20)16-8-5-4-7-15(16)9-11-21-17/h4-5,7-8,13-14H,2-3,6,9-12H2,1H3. The molecule has 0 saturated heterocycles. The molecule has 0 amide bonds. The second kappa shape index (κ2) is 6.39. The Hall–Kier alpha value is -1.68. The monoisotopic (exact) mass is 285 g/mol. The van der Waals surface area contributed by atoms with Gasteiger partial charge in [-0.05, 0) is 24.0 Å². The molecular formula is C17H23N3O. The number of fused-ring (bicyclic) bond motifs is 1. The Balaban J connectivity index is 1.92. The van der Waals surface area contributed by atoms with E-state index in [2.05, 4.69) is 41.3 Å². The molecule has 0 N–H and O–H groups in total. The van der Waals surface area contributed by atoms with Gasteiger partial charge in [0.1, 0.15) is 18.3 Å². The van der Waals surface area contributed by atoms with Gasteiger partial charge in [-0.1, -0.05) is 50.5 Å². The van der Waals surface area contributed by atoms with Crippen LogP contribution in [0.2, 0.25) is 0 Å². The maximum absolute atomic E-state index is 6.32. The Bertz CT molecular complexity index is 567. The fourth-order valence-electron chi connectivity index (χ4n) is 3.27. The minimum absolute atomic E-state index is 0.252. The number of benzene rings is 1. The first-order valence-corrected chi connectivity index (χ1v) is 7.89. The Morgan fingerprint density at radius 1 is 1.29 bits per heavy atom.